The van der Waals surface area contributed by atoms with Crippen molar-refractivity contribution in [3.63, 3.8) is 0 Å². The molecule has 138 valence electrons. The third-order valence-corrected chi connectivity index (χ3v) is 5.03. The molecule has 1 unspecified atom stereocenters. The van der Waals surface area contributed by atoms with Crippen molar-refractivity contribution < 1.29 is 18.7 Å². The quantitative estimate of drug-likeness (QED) is 0.617. The van der Waals surface area contributed by atoms with Gasteiger partial charge in [-0.3, -0.25) is 4.79 Å². The van der Waals surface area contributed by atoms with Crippen LogP contribution in [0.2, 0.25) is 5.02 Å². The van der Waals surface area contributed by atoms with Crippen molar-refractivity contribution in [2.24, 2.45) is 0 Å². The van der Waals surface area contributed by atoms with Crippen LogP contribution in [0.4, 0.5) is 9.18 Å². The lowest BCUT2D eigenvalue weighted by Crippen LogP contribution is -2.56. The molecule has 2 rings (SSSR count). The van der Waals surface area contributed by atoms with Crippen molar-refractivity contribution in [3.8, 4) is 0 Å². The highest BCUT2D eigenvalue weighted by molar-refractivity contribution is 9.10. The van der Waals surface area contributed by atoms with Crippen LogP contribution in [0, 0.1) is 5.82 Å². The van der Waals surface area contributed by atoms with Crippen molar-refractivity contribution in [2.75, 3.05) is 19.6 Å². The molecule has 0 saturated carbocycles. The van der Waals surface area contributed by atoms with E-state index >= 15 is 0 Å². The molecule has 5 nitrogen and oxygen atoms in total. The third-order valence-electron chi connectivity index (χ3n) is 3.77. The van der Waals surface area contributed by atoms with E-state index in [-0.39, 0.29) is 22.5 Å². The largest absolute Gasteiger partial charge is 0.444 e. The number of benzene rings is 1. The Labute approximate surface area is 160 Å². The summed E-state index contributed by atoms with van der Waals surface area (Å²) < 4.78 is 19.3. The number of hydrogen-bond acceptors (Lipinski definition) is 3. The first-order valence-electron chi connectivity index (χ1n) is 7.93. The Morgan fingerprint density at radius 1 is 1.32 bits per heavy atom. The number of carbonyl (C=O) groups is 2. The molecule has 0 aromatic heterocycles. The van der Waals surface area contributed by atoms with E-state index in [0.29, 0.717) is 24.1 Å². The summed E-state index contributed by atoms with van der Waals surface area (Å²) in [6.07, 6.45) is -0.404. The lowest BCUT2D eigenvalue weighted by Gasteiger charge is -2.40. The average Bonchev–Trinajstić information content (AvgIpc) is 2.48. The number of halogens is 3. The highest BCUT2D eigenvalue weighted by Gasteiger charge is 2.33. The minimum atomic E-state index is -0.578. The molecule has 1 heterocycles. The first-order chi connectivity index (χ1) is 11.5. The van der Waals surface area contributed by atoms with Gasteiger partial charge in [0.15, 0.2) is 0 Å². The Balaban J connectivity index is 2.10. The zero-order valence-electron chi connectivity index (χ0n) is 14.6. The van der Waals surface area contributed by atoms with Gasteiger partial charge in [-0.2, -0.15) is 0 Å². The van der Waals surface area contributed by atoms with Gasteiger partial charge in [0, 0.05) is 30.1 Å². The van der Waals surface area contributed by atoms with Crippen molar-refractivity contribution >= 4 is 39.5 Å². The van der Waals surface area contributed by atoms with Crippen LogP contribution in [0.25, 0.3) is 0 Å². The van der Waals surface area contributed by atoms with Gasteiger partial charge in [-0.05, 0) is 55.8 Å². The molecule has 0 aliphatic carbocycles. The second-order valence-electron chi connectivity index (χ2n) is 7.02. The minimum Gasteiger partial charge on any atom is -0.444 e. The predicted molar refractivity (Wildman–Crippen MR) is 97.4 cm³/mol. The Bertz CT molecular complexity index is 693. The number of rotatable bonds is 1. The molecule has 0 radical (unpaired) electrons. The van der Waals surface area contributed by atoms with Crippen molar-refractivity contribution in [3.05, 3.63) is 33.0 Å². The Morgan fingerprint density at radius 2 is 1.96 bits per heavy atom. The molecule has 1 aromatic rings. The number of piperazine rings is 1. The number of ether oxygens (including phenoxy) is 1. The minimum absolute atomic E-state index is 0.103. The summed E-state index contributed by atoms with van der Waals surface area (Å²) in [7, 11) is 0. The van der Waals surface area contributed by atoms with Crippen LogP contribution in [0.15, 0.2) is 16.6 Å². The number of carbonyl (C=O) groups excluding carboxylic acids is 2. The highest BCUT2D eigenvalue weighted by Crippen LogP contribution is 2.29. The maximum Gasteiger partial charge on any atom is 0.410 e. The molecule has 0 spiro atoms. The molecule has 1 saturated heterocycles. The van der Waals surface area contributed by atoms with Gasteiger partial charge in [0.25, 0.3) is 5.91 Å². The second-order valence-corrected chi connectivity index (χ2v) is 8.26. The molecule has 1 aliphatic rings. The second kappa shape index (κ2) is 7.50. The summed E-state index contributed by atoms with van der Waals surface area (Å²) in [5.41, 5.74) is -0.475. The van der Waals surface area contributed by atoms with Gasteiger partial charge in [0.05, 0.1) is 10.6 Å². The topological polar surface area (TPSA) is 49.9 Å². The summed E-state index contributed by atoms with van der Waals surface area (Å²) in [5.74, 6) is -0.902. The van der Waals surface area contributed by atoms with Gasteiger partial charge in [0.2, 0.25) is 0 Å². The summed E-state index contributed by atoms with van der Waals surface area (Å²) in [4.78, 5) is 28.1. The Morgan fingerprint density at radius 3 is 2.52 bits per heavy atom. The van der Waals surface area contributed by atoms with Crippen LogP contribution in [0.1, 0.15) is 38.1 Å². The van der Waals surface area contributed by atoms with Gasteiger partial charge >= 0.3 is 6.09 Å². The molecule has 2 amide bonds. The molecule has 1 atom stereocenters. The fourth-order valence-corrected chi connectivity index (χ4v) is 3.24. The Hall–Kier alpha value is -1.34. The molecular weight excluding hydrogens is 415 g/mol. The number of nitrogens with zero attached hydrogens (tertiary/aromatic N) is 2. The van der Waals surface area contributed by atoms with Crippen LogP contribution >= 0.6 is 27.5 Å². The van der Waals surface area contributed by atoms with E-state index in [1.807, 2.05) is 6.92 Å². The summed E-state index contributed by atoms with van der Waals surface area (Å²) in [6, 6.07) is 2.12. The number of amides is 2. The van der Waals surface area contributed by atoms with Crippen LogP contribution < -0.4 is 0 Å². The molecule has 25 heavy (non-hydrogen) atoms. The fourth-order valence-electron chi connectivity index (χ4n) is 2.62. The smallest absolute Gasteiger partial charge is 0.410 e. The predicted octanol–water partition coefficient (Wildman–Crippen LogP) is 4.32. The maximum atomic E-state index is 13.6. The van der Waals surface area contributed by atoms with Crippen LogP contribution in [0.5, 0.6) is 0 Å². The summed E-state index contributed by atoms with van der Waals surface area (Å²) in [6.45, 7) is 8.25. The van der Waals surface area contributed by atoms with Crippen molar-refractivity contribution in [2.45, 2.75) is 39.3 Å². The molecule has 1 aliphatic heterocycles. The third kappa shape index (κ3) is 4.85. The maximum absolute atomic E-state index is 13.6. The molecule has 0 N–H and O–H groups in total. The standard InChI is InChI=1S/C17H21BrClFN2O3/c1-10-9-21(5-6-22(10)16(24)25-17(2,3)4)15(23)12-7-11(20)8-13(18)14(12)19/h7-8,10H,5-6,9H2,1-4H3. The van der Waals surface area contributed by atoms with Crippen molar-refractivity contribution in [1.82, 2.24) is 9.80 Å². The SMILES string of the molecule is CC1CN(C(=O)c2cc(F)cc(Br)c2Cl)CCN1C(=O)OC(C)(C)C. The summed E-state index contributed by atoms with van der Waals surface area (Å²) in [5, 5.41) is 0.175. The van der Waals surface area contributed by atoms with E-state index in [1.54, 1.807) is 30.6 Å². The first-order valence-corrected chi connectivity index (χ1v) is 9.10. The van der Waals surface area contributed by atoms with Crippen LogP contribution in [-0.4, -0.2) is 53.1 Å². The average molecular weight is 436 g/mol. The number of hydrogen-bond donors (Lipinski definition) is 0. The van der Waals surface area contributed by atoms with Gasteiger partial charge in [0.1, 0.15) is 11.4 Å². The van der Waals surface area contributed by atoms with E-state index in [2.05, 4.69) is 15.9 Å². The highest BCUT2D eigenvalue weighted by atomic mass is 79.9. The van der Waals surface area contributed by atoms with E-state index in [9.17, 15) is 14.0 Å². The lowest BCUT2D eigenvalue weighted by atomic mass is 10.1. The van der Waals surface area contributed by atoms with Gasteiger partial charge in [-0.25, -0.2) is 9.18 Å². The Kier molecular flexibility index (Phi) is 5.99. The lowest BCUT2D eigenvalue weighted by molar-refractivity contribution is 0.00198. The molecular formula is C17H21BrClFN2O3. The van der Waals surface area contributed by atoms with Crippen LogP contribution in [-0.2, 0) is 4.74 Å². The van der Waals surface area contributed by atoms with E-state index in [1.165, 1.54) is 6.07 Å². The van der Waals surface area contributed by atoms with Crippen LogP contribution in [0.3, 0.4) is 0 Å². The van der Waals surface area contributed by atoms with Crippen molar-refractivity contribution in [1.29, 1.82) is 0 Å². The fraction of sp³-hybridized carbons (Fsp3) is 0.529. The summed E-state index contributed by atoms with van der Waals surface area (Å²) >= 11 is 9.27. The van der Waals surface area contributed by atoms with Gasteiger partial charge in [-0.15, -0.1) is 0 Å². The molecule has 8 heteroatoms. The van der Waals surface area contributed by atoms with E-state index in [0.717, 1.165) is 6.07 Å². The monoisotopic (exact) mass is 434 g/mol. The first kappa shape index (κ1) is 20.0. The van der Waals surface area contributed by atoms with Gasteiger partial charge < -0.3 is 14.5 Å². The molecule has 0 bridgehead atoms. The van der Waals surface area contributed by atoms with E-state index in [4.69, 9.17) is 16.3 Å². The zero-order valence-corrected chi connectivity index (χ0v) is 16.9. The molecule has 1 aromatic carbocycles. The molecule has 1 fully saturated rings. The zero-order chi connectivity index (χ0) is 18.9. The van der Waals surface area contributed by atoms with E-state index < -0.39 is 17.5 Å². The van der Waals surface area contributed by atoms with Gasteiger partial charge in [-0.1, -0.05) is 11.6 Å². The normalized spacial score (nSPS) is 18.3.